The molecule has 0 atom stereocenters. The minimum absolute atomic E-state index is 0.139. The highest BCUT2D eigenvalue weighted by Crippen LogP contribution is 2.21. The Morgan fingerprint density at radius 3 is 2.69 bits per heavy atom. The lowest BCUT2D eigenvalue weighted by Crippen LogP contribution is -2.08. The first-order valence-corrected chi connectivity index (χ1v) is 4.17. The second kappa shape index (κ2) is 4.77. The van der Waals surface area contributed by atoms with Gasteiger partial charge >= 0.3 is 12.1 Å². The van der Waals surface area contributed by atoms with Crippen LogP contribution in [0.15, 0.2) is 10.5 Å². The molecule has 0 aliphatic rings. The van der Waals surface area contributed by atoms with Gasteiger partial charge in [-0.1, -0.05) is 0 Å². The number of carbonyl (C=O) groups is 1. The lowest BCUT2D eigenvalue weighted by Gasteiger charge is -2.01. The van der Waals surface area contributed by atoms with Crippen molar-refractivity contribution in [2.45, 2.75) is 19.0 Å². The molecule has 0 unspecified atom stereocenters. The number of hydrogen-bond acceptors (Lipinski definition) is 4. The molecule has 0 aliphatic heterocycles. The Kier molecular flexibility index (Phi) is 3.64. The Balaban J connectivity index is 2.55. The summed E-state index contributed by atoms with van der Waals surface area (Å²) in [7, 11) is 0. The van der Waals surface area contributed by atoms with Gasteiger partial charge in [-0.25, -0.2) is 4.79 Å². The van der Waals surface area contributed by atoms with Gasteiger partial charge in [0.15, 0.2) is 0 Å². The molecule has 88 valence electrons. The summed E-state index contributed by atoms with van der Waals surface area (Å²) >= 11 is 0. The molecule has 1 heterocycles. The molecule has 0 aliphatic carbocycles. The van der Waals surface area contributed by atoms with Crippen LogP contribution in [-0.2, 0) is 11.2 Å². The molecule has 0 bridgehead atoms. The summed E-state index contributed by atoms with van der Waals surface area (Å²) < 4.78 is 40.2. The van der Waals surface area contributed by atoms with E-state index in [0.717, 1.165) is 12.2 Å². The normalized spacial score (nSPS) is 12.2. The Hall–Kier alpha value is -1.86. The van der Waals surface area contributed by atoms with E-state index in [2.05, 4.69) is 10.2 Å². The van der Waals surface area contributed by atoms with Crippen molar-refractivity contribution >= 4 is 12.0 Å². The summed E-state index contributed by atoms with van der Waals surface area (Å²) in [6.07, 6.45) is -4.01. The van der Waals surface area contributed by atoms with E-state index in [-0.39, 0.29) is 11.8 Å². The summed E-state index contributed by atoms with van der Waals surface area (Å²) in [6.45, 7) is 0. The molecule has 5 nitrogen and oxygen atoms in total. The van der Waals surface area contributed by atoms with Crippen molar-refractivity contribution in [3.05, 3.63) is 17.9 Å². The molecule has 1 N–H and O–H groups in total. The number of aliphatic carboxylic acids is 1. The number of hydrogen-bond donors (Lipinski definition) is 1. The minimum Gasteiger partial charge on any atom is -0.478 e. The molecule has 0 radical (unpaired) electrons. The van der Waals surface area contributed by atoms with Gasteiger partial charge in [0.2, 0.25) is 11.8 Å². The van der Waals surface area contributed by atoms with E-state index in [1.54, 1.807) is 0 Å². The first kappa shape index (κ1) is 12.2. The second-order valence-electron chi connectivity index (χ2n) is 2.82. The largest absolute Gasteiger partial charge is 0.478 e. The fraction of sp³-hybridized carbons (Fsp3) is 0.375. The summed E-state index contributed by atoms with van der Waals surface area (Å²) in [6, 6.07) is 0. The van der Waals surface area contributed by atoms with E-state index < -0.39 is 25.0 Å². The maximum absolute atomic E-state index is 11.8. The highest BCUT2D eigenvalue weighted by Gasteiger charge is 2.27. The zero-order chi connectivity index (χ0) is 12.2. The van der Waals surface area contributed by atoms with E-state index in [1.165, 1.54) is 0 Å². The first-order chi connectivity index (χ1) is 7.37. The van der Waals surface area contributed by atoms with Crippen LogP contribution in [0.5, 0.6) is 0 Å². The second-order valence-corrected chi connectivity index (χ2v) is 2.82. The van der Waals surface area contributed by atoms with Crippen molar-refractivity contribution in [3.8, 4) is 0 Å². The first-order valence-electron chi connectivity index (χ1n) is 4.17. The Bertz CT molecular complexity index is 397. The lowest BCUT2D eigenvalue weighted by molar-refractivity contribution is -0.135. The monoisotopic (exact) mass is 236 g/mol. The van der Waals surface area contributed by atoms with Crippen molar-refractivity contribution in [2.24, 2.45) is 0 Å². The molecule has 8 heteroatoms. The fourth-order valence-electron chi connectivity index (χ4n) is 0.826. The van der Waals surface area contributed by atoms with Crippen molar-refractivity contribution in [1.29, 1.82) is 0 Å². The van der Waals surface area contributed by atoms with Gasteiger partial charge in [-0.3, -0.25) is 0 Å². The standard InChI is InChI=1S/C8H7F3N2O3/c9-8(10,11)4-3-6-13-12-5(16-6)1-2-7(14)15/h1-2H,3-4H2,(H,14,15)/b2-1+. The molecule has 1 rings (SSSR count). The topological polar surface area (TPSA) is 76.2 Å². The molecule has 0 spiro atoms. The molecule has 0 aromatic carbocycles. The number of carboxylic acids is 1. The summed E-state index contributed by atoms with van der Waals surface area (Å²) in [5.41, 5.74) is 0. The number of carboxylic acid groups (broad SMARTS) is 1. The average molecular weight is 236 g/mol. The van der Waals surface area contributed by atoms with Crippen molar-refractivity contribution in [3.63, 3.8) is 0 Å². The average Bonchev–Trinajstić information content (AvgIpc) is 2.58. The van der Waals surface area contributed by atoms with Gasteiger partial charge < -0.3 is 9.52 Å². The van der Waals surface area contributed by atoms with Gasteiger partial charge in [-0.2, -0.15) is 13.2 Å². The third-order valence-corrected chi connectivity index (χ3v) is 1.47. The maximum atomic E-state index is 11.8. The van der Waals surface area contributed by atoms with E-state index in [4.69, 9.17) is 9.52 Å². The predicted octanol–water partition coefficient (Wildman–Crippen LogP) is 1.66. The van der Waals surface area contributed by atoms with Crippen LogP contribution in [0.1, 0.15) is 18.2 Å². The minimum atomic E-state index is -4.29. The predicted molar refractivity (Wildman–Crippen MR) is 45.3 cm³/mol. The van der Waals surface area contributed by atoms with Crippen LogP contribution in [0.3, 0.4) is 0 Å². The van der Waals surface area contributed by atoms with Gasteiger partial charge in [0, 0.05) is 18.6 Å². The summed E-state index contributed by atoms with van der Waals surface area (Å²) in [4.78, 5) is 10.1. The maximum Gasteiger partial charge on any atom is 0.389 e. The van der Waals surface area contributed by atoms with Crippen molar-refractivity contribution in [1.82, 2.24) is 10.2 Å². The SMILES string of the molecule is O=C(O)/C=C/c1nnc(CCC(F)(F)F)o1. The van der Waals surface area contributed by atoms with Crippen LogP contribution in [-0.4, -0.2) is 27.4 Å². The molecule has 0 fully saturated rings. The van der Waals surface area contributed by atoms with Crippen LogP contribution >= 0.6 is 0 Å². The van der Waals surface area contributed by atoms with Gasteiger partial charge in [-0.05, 0) is 0 Å². The number of nitrogens with zero attached hydrogens (tertiary/aromatic N) is 2. The Morgan fingerprint density at radius 1 is 1.44 bits per heavy atom. The van der Waals surface area contributed by atoms with Gasteiger partial charge in [0.25, 0.3) is 0 Å². The Morgan fingerprint density at radius 2 is 2.12 bits per heavy atom. The lowest BCUT2D eigenvalue weighted by atomic mass is 10.3. The van der Waals surface area contributed by atoms with Crippen LogP contribution in [0.4, 0.5) is 13.2 Å². The molecule has 0 amide bonds. The number of alkyl halides is 3. The Labute approximate surface area is 87.6 Å². The molecule has 16 heavy (non-hydrogen) atoms. The van der Waals surface area contributed by atoms with E-state index in [0.29, 0.717) is 0 Å². The highest BCUT2D eigenvalue weighted by atomic mass is 19.4. The zero-order valence-corrected chi connectivity index (χ0v) is 7.86. The van der Waals surface area contributed by atoms with E-state index in [1.807, 2.05) is 0 Å². The molecular weight excluding hydrogens is 229 g/mol. The third kappa shape index (κ3) is 4.58. The van der Waals surface area contributed by atoms with Gasteiger partial charge in [0.1, 0.15) is 0 Å². The quantitative estimate of drug-likeness (QED) is 0.804. The molecule has 0 saturated heterocycles. The summed E-state index contributed by atoms with van der Waals surface area (Å²) in [5.74, 6) is -1.53. The third-order valence-electron chi connectivity index (χ3n) is 1.47. The van der Waals surface area contributed by atoms with Crippen molar-refractivity contribution in [2.75, 3.05) is 0 Å². The van der Waals surface area contributed by atoms with Crippen LogP contribution in [0.25, 0.3) is 6.08 Å². The van der Waals surface area contributed by atoms with Gasteiger partial charge in [-0.15, -0.1) is 10.2 Å². The van der Waals surface area contributed by atoms with Gasteiger partial charge in [0.05, 0.1) is 6.42 Å². The zero-order valence-electron chi connectivity index (χ0n) is 7.86. The highest BCUT2D eigenvalue weighted by molar-refractivity contribution is 5.84. The molecule has 1 aromatic rings. The smallest absolute Gasteiger partial charge is 0.389 e. The number of rotatable bonds is 4. The molecule has 1 aromatic heterocycles. The van der Waals surface area contributed by atoms with Crippen LogP contribution in [0, 0.1) is 0 Å². The number of halogens is 3. The summed E-state index contributed by atoms with van der Waals surface area (Å²) in [5, 5.41) is 15.0. The number of aromatic nitrogens is 2. The van der Waals surface area contributed by atoms with Crippen molar-refractivity contribution < 1.29 is 27.5 Å². The van der Waals surface area contributed by atoms with E-state index in [9.17, 15) is 18.0 Å². The fourth-order valence-corrected chi connectivity index (χ4v) is 0.826. The van der Waals surface area contributed by atoms with Crippen LogP contribution in [0.2, 0.25) is 0 Å². The molecular formula is C8H7F3N2O3. The number of aryl methyl sites for hydroxylation is 1. The van der Waals surface area contributed by atoms with Crippen LogP contribution < -0.4 is 0 Å². The molecule has 0 saturated carbocycles. The van der Waals surface area contributed by atoms with E-state index >= 15 is 0 Å².